The molecular formula is C49H35N3O. The van der Waals surface area contributed by atoms with Gasteiger partial charge in [0.15, 0.2) is 5.82 Å². The largest absolute Gasteiger partial charge is 0.456 e. The maximum Gasteiger partial charge on any atom is 0.160 e. The van der Waals surface area contributed by atoms with Crippen LogP contribution in [0.5, 0.6) is 0 Å². The van der Waals surface area contributed by atoms with E-state index in [-0.39, 0.29) is 5.41 Å². The highest BCUT2D eigenvalue weighted by molar-refractivity contribution is 6.06. The second-order valence-corrected chi connectivity index (χ2v) is 14.2. The molecule has 3 heterocycles. The van der Waals surface area contributed by atoms with Gasteiger partial charge in [-0.1, -0.05) is 141 Å². The lowest BCUT2D eigenvalue weighted by Gasteiger charge is -2.42. The summed E-state index contributed by atoms with van der Waals surface area (Å²) < 4.78 is 6.17. The van der Waals surface area contributed by atoms with Crippen molar-refractivity contribution in [1.82, 2.24) is 9.97 Å². The third-order valence-corrected chi connectivity index (χ3v) is 10.7. The number of para-hydroxylation sites is 3. The molecule has 10 rings (SSSR count). The molecule has 0 amide bonds. The number of hydrogen-bond acceptors (Lipinski definition) is 4. The number of anilines is 3. The van der Waals surface area contributed by atoms with Gasteiger partial charge in [0.05, 0.1) is 28.5 Å². The van der Waals surface area contributed by atoms with Crippen LogP contribution >= 0.6 is 0 Å². The van der Waals surface area contributed by atoms with Gasteiger partial charge in [0.25, 0.3) is 0 Å². The van der Waals surface area contributed by atoms with Crippen molar-refractivity contribution in [1.29, 1.82) is 0 Å². The molecule has 0 N–H and O–H groups in total. The Labute approximate surface area is 308 Å². The Morgan fingerprint density at radius 1 is 0.434 bits per heavy atom. The average molecular weight is 682 g/mol. The Kier molecular flexibility index (Phi) is 7.12. The summed E-state index contributed by atoms with van der Waals surface area (Å²) in [6.07, 6.45) is 0. The molecule has 2 aromatic heterocycles. The minimum absolute atomic E-state index is 0.254. The molecule has 0 fully saturated rings. The summed E-state index contributed by atoms with van der Waals surface area (Å²) in [5, 5.41) is 2.26. The van der Waals surface area contributed by atoms with Crippen LogP contribution in [0.4, 0.5) is 17.1 Å². The van der Waals surface area contributed by atoms with Gasteiger partial charge in [-0.3, -0.25) is 0 Å². The maximum atomic E-state index is 6.17. The standard InChI is InChI=1S/C49H35N3O/c1-49(2)39-21-11-13-23-44(39)52(45-27-25-35(30-40(45)49)34-26-28-47-38(29-34)36-19-10-14-24-46(36)53-47)43-22-12-9-20-37(43)42-31-41(32-15-5-3-6-16-32)50-48(51-42)33-17-7-4-8-18-33/h3-31H,1-2H3. The smallest absolute Gasteiger partial charge is 0.160 e. The Morgan fingerprint density at radius 3 is 1.87 bits per heavy atom. The molecule has 0 saturated carbocycles. The molecule has 4 nitrogen and oxygen atoms in total. The molecule has 0 radical (unpaired) electrons. The quantitative estimate of drug-likeness (QED) is 0.181. The van der Waals surface area contributed by atoms with Gasteiger partial charge in [-0.2, -0.15) is 0 Å². The predicted molar refractivity (Wildman–Crippen MR) is 218 cm³/mol. The van der Waals surface area contributed by atoms with E-state index in [2.05, 4.69) is 158 Å². The van der Waals surface area contributed by atoms with Crippen molar-refractivity contribution >= 4 is 39.0 Å². The summed E-state index contributed by atoms with van der Waals surface area (Å²) >= 11 is 0. The molecule has 7 aromatic carbocycles. The van der Waals surface area contributed by atoms with Gasteiger partial charge in [0.1, 0.15) is 11.2 Å². The minimum atomic E-state index is -0.254. The van der Waals surface area contributed by atoms with Crippen LogP contribution in [0.1, 0.15) is 25.0 Å². The molecule has 0 atom stereocenters. The first-order chi connectivity index (χ1) is 26.0. The van der Waals surface area contributed by atoms with Gasteiger partial charge < -0.3 is 9.32 Å². The lowest BCUT2D eigenvalue weighted by Crippen LogP contribution is -2.30. The van der Waals surface area contributed by atoms with Crippen LogP contribution in [-0.4, -0.2) is 9.97 Å². The normalized spacial score (nSPS) is 13.2. The molecule has 1 aliphatic rings. The minimum Gasteiger partial charge on any atom is -0.456 e. The topological polar surface area (TPSA) is 42.2 Å². The number of rotatable bonds is 5. The van der Waals surface area contributed by atoms with E-state index in [1.54, 1.807) is 0 Å². The number of hydrogen-bond donors (Lipinski definition) is 0. The van der Waals surface area contributed by atoms with Crippen molar-refractivity contribution < 1.29 is 4.42 Å². The average Bonchev–Trinajstić information content (AvgIpc) is 3.60. The van der Waals surface area contributed by atoms with Crippen LogP contribution in [0.3, 0.4) is 0 Å². The Balaban J connectivity index is 1.16. The Morgan fingerprint density at radius 2 is 1.04 bits per heavy atom. The van der Waals surface area contributed by atoms with Gasteiger partial charge in [-0.15, -0.1) is 0 Å². The fourth-order valence-electron chi connectivity index (χ4n) is 7.99. The van der Waals surface area contributed by atoms with E-state index in [0.717, 1.165) is 72.6 Å². The number of aromatic nitrogens is 2. The molecule has 0 aliphatic carbocycles. The first kappa shape index (κ1) is 31.0. The van der Waals surface area contributed by atoms with Crippen molar-refractivity contribution in [2.75, 3.05) is 4.90 Å². The van der Waals surface area contributed by atoms with Gasteiger partial charge in [-0.25, -0.2) is 9.97 Å². The van der Waals surface area contributed by atoms with Crippen molar-refractivity contribution in [2.24, 2.45) is 0 Å². The zero-order chi connectivity index (χ0) is 35.5. The van der Waals surface area contributed by atoms with Crippen LogP contribution < -0.4 is 4.90 Å². The molecule has 0 bridgehead atoms. The molecule has 0 saturated heterocycles. The van der Waals surface area contributed by atoms with Crippen LogP contribution in [0.2, 0.25) is 0 Å². The van der Waals surface area contributed by atoms with E-state index in [0.29, 0.717) is 5.82 Å². The number of furan rings is 1. The highest BCUT2D eigenvalue weighted by Crippen LogP contribution is 2.54. The zero-order valence-electron chi connectivity index (χ0n) is 29.5. The van der Waals surface area contributed by atoms with E-state index in [1.165, 1.54) is 16.7 Å². The lowest BCUT2D eigenvalue weighted by molar-refractivity contribution is 0.632. The Hall–Kier alpha value is -6.78. The fraction of sp³-hybridized carbons (Fsp3) is 0.0612. The fourth-order valence-corrected chi connectivity index (χ4v) is 7.99. The van der Waals surface area contributed by atoms with Crippen molar-refractivity contribution in [3.8, 4) is 45.0 Å². The van der Waals surface area contributed by atoms with Crippen molar-refractivity contribution in [2.45, 2.75) is 19.3 Å². The van der Waals surface area contributed by atoms with Crippen molar-refractivity contribution in [3.05, 3.63) is 187 Å². The summed E-state index contributed by atoms with van der Waals surface area (Å²) in [4.78, 5) is 12.7. The highest BCUT2D eigenvalue weighted by atomic mass is 16.3. The first-order valence-electron chi connectivity index (χ1n) is 18.1. The van der Waals surface area contributed by atoms with E-state index < -0.39 is 0 Å². The van der Waals surface area contributed by atoms with Gasteiger partial charge in [-0.05, 0) is 70.8 Å². The monoisotopic (exact) mass is 681 g/mol. The lowest BCUT2D eigenvalue weighted by atomic mass is 9.72. The molecular weight excluding hydrogens is 647 g/mol. The van der Waals surface area contributed by atoms with Crippen molar-refractivity contribution in [3.63, 3.8) is 0 Å². The summed E-state index contributed by atoms with van der Waals surface area (Å²) in [6, 6.07) is 61.9. The van der Waals surface area contributed by atoms with Gasteiger partial charge in [0.2, 0.25) is 0 Å². The van der Waals surface area contributed by atoms with E-state index in [9.17, 15) is 0 Å². The molecule has 9 aromatic rings. The van der Waals surface area contributed by atoms with Crippen LogP contribution in [0, 0.1) is 0 Å². The molecule has 4 heteroatoms. The van der Waals surface area contributed by atoms with Gasteiger partial charge in [0, 0.05) is 32.9 Å². The Bertz CT molecular complexity index is 2760. The molecule has 0 unspecified atom stereocenters. The van der Waals surface area contributed by atoms with Crippen LogP contribution in [-0.2, 0) is 5.41 Å². The third-order valence-electron chi connectivity index (χ3n) is 10.7. The van der Waals surface area contributed by atoms with E-state index in [4.69, 9.17) is 14.4 Å². The molecule has 252 valence electrons. The van der Waals surface area contributed by atoms with Crippen LogP contribution in [0.25, 0.3) is 67.0 Å². The second-order valence-electron chi connectivity index (χ2n) is 14.2. The molecule has 53 heavy (non-hydrogen) atoms. The number of nitrogens with zero attached hydrogens (tertiary/aromatic N) is 3. The summed E-state index contributed by atoms with van der Waals surface area (Å²) in [5.41, 5.74) is 14.6. The predicted octanol–water partition coefficient (Wildman–Crippen LogP) is 13.2. The zero-order valence-corrected chi connectivity index (χ0v) is 29.5. The number of fused-ring (bicyclic) bond motifs is 5. The van der Waals surface area contributed by atoms with E-state index >= 15 is 0 Å². The summed E-state index contributed by atoms with van der Waals surface area (Å²) in [7, 11) is 0. The second kappa shape index (κ2) is 12.2. The van der Waals surface area contributed by atoms with Crippen LogP contribution in [0.15, 0.2) is 180 Å². The van der Waals surface area contributed by atoms with E-state index in [1.807, 2.05) is 36.4 Å². The SMILES string of the molecule is CC1(C)c2ccccc2N(c2ccccc2-c2cc(-c3ccccc3)nc(-c3ccccc3)n2)c2ccc(-c3ccc4oc5ccccc5c4c3)cc21. The maximum absolute atomic E-state index is 6.17. The molecule has 1 aliphatic heterocycles. The third kappa shape index (κ3) is 5.14. The first-order valence-corrected chi connectivity index (χ1v) is 18.1. The highest BCUT2D eigenvalue weighted by Gasteiger charge is 2.37. The molecule has 0 spiro atoms. The van der Waals surface area contributed by atoms with Gasteiger partial charge >= 0.3 is 0 Å². The number of benzene rings is 7. The summed E-state index contributed by atoms with van der Waals surface area (Å²) in [6.45, 7) is 4.68. The summed E-state index contributed by atoms with van der Waals surface area (Å²) in [5.74, 6) is 0.698.